The van der Waals surface area contributed by atoms with Gasteiger partial charge >= 0.3 is 0 Å². The summed E-state index contributed by atoms with van der Waals surface area (Å²) in [6, 6.07) is 8.80. The maximum Gasteiger partial charge on any atom is 0.159 e. The molecule has 0 N–H and O–H groups in total. The molecule has 0 aliphatic heterocycles. The number of unbranched alkanes of at least 4 members (excludes halogenated alkanes) is 7. The summed E-state index contributed by atoms with van der Waals surface area (Å²) in [5.41, 5.74) is 3.83. The molecule has 1 saturated carbocycles. The lowest BCUT2D eigenvalue weighted by molar-refractivity contribution is 0.248. The molecule has 1 fully saturated rings. The van der Waals surface area contributed by atoms with E-state index in [4.69, 9.17) is 0 Å². The highest BCUT2D eigenvalue weighted by molar-refractivity contribution is 5.55. The summed E-state index contributed by atoms with van der Waals surface area (Å²) in [6.45, 7) is 4.54. The van der Waals surface area contributed by atoms with Crippen LogP contribution >= 0.6 is 0 Å². The van der Waals surface area contributed by atoms with Crippen molar-refractivity contribution in [1.29, 1.82) is 0 Å². The largest absolute Gasteiger partial charge is 0.236 e. The normalized spacial score (nSPS) is 18.5. The van der Waals surface area contributed by atoms with Crippen LogP contribution in [0.1, 0.15) is 121 Å². The fraction of sp³-hybridized carbons (Fsp3) is 0.677. The molecule has 1 aromatic carbocycles. The molecule has 0 bridgehead atoms. The Labute approximate surface area is 204 Å². The Morgan fingerprint density at radius 1 is 0.606 bits per heavy atom. The molecular weight excluding hydrogens is 400 g/mol. The van der Waals surface area contributed by atoms with Gasteiger partial charge in [0, 0.05) is 18.0 Å². The van der Waals surface area contributed by atoms with E-state index >= 15 is 0 Å². The van der Waals surface area contributed by atoms with Crippen LogP contribution in [-0.2, 0) is 12.8 Å². The molecule has 2 nitrogen and oxygen atoms in total. The summed E-state index contributed by atoms with van der Waals surface area (Å²) in [6.07, 6.45) is 27.5. The smallest absolute Gasteiger partial charge is 0.159 e. The van der Waals surface area contributed by atoms with Gasteiger partial charge in [-0.3, -0.25) is 0 Å². The number of aromatic nitrogens is 2. The minimum absolute atomic E-state index is 0.853. The second-order valence-corrected chi connectivity index (χ2v) is 10.6. The molecule has 0 saturated heterocycles. The van der Waals surface area contributed by atoms with Gasteiger partial charge in [0.15, 0.2) is 5.82 Å². The summed E-state index contributed by atoms with van der Waals surface area (Å²) in [5, 5.41) is 0. The Balaban J connectivity index is 1.31. The molecule has 1 heterocycles. The van der Waals surface area contributed by atoms with E-state index in [0.717, 1.165) is 36.1 Å². The van der Waals surface area contributed by atoms with Gasteiger partial charge in [-0.15, -0.1) is 0 Å². The Kier molecular flexibility index (Phi) is 12.0. The topological polar surface area (TPSA) is 25.8 Å². The zero-order valence-corrected chi connectivity index (χ0v) is 21.5. The second-order valence-electron chi connectivity index (χ2n) is 10.6. The molecule has 0 unspecified atom stereocenters. The average molecular weight is 449 g/mol. The van der Waals surface area contributed by atoms with E-state index < -0.39 is 0 Å². The van der Waals surface area contributed by atoms with Crippen molar-refractivity contribution in [3.63, 3.8) is 0 Å². The number of hydrogen-bond donors (Lipinski definition) is 0. The summed E-state index contributed by atoms with van der Waals surface area (Å²) in [4.78, 5) is 9.34. The van der Waals surface area contributed by atoms with Crippen molar-refractivity contribution in [2.45, 2.75) is 123 Å². The van der Waals surface area contributed by atoms with E-state index in [1.807, 2.05) is 0 Å². The third-order valence-electron chi connectivity index (χ3n) is 7.76. The highest BCUT2D eigenvalue weighted by Gasteiger charge is 2.20. The van der Waals surface area contributed by atoms with Crippen molar-refractivity contribution in [3.8, 4) is 11.4 Å². The third-order valence-corrected chi connectivity index (χ3v) is 7.76. The Morgan fingerprint density at radius 3 is 1.82 bits per heavy atom. The van der Waals surface area contributed by atoms with Crippen LogP contribution in [0.5, 0.6) is 0 Å². The van der Waals surface area contributed by atoms with Crippen LogP contribution in [-0.4, -0.2) is 9.97 Å². The molecule has 0 spiro atoms. The molecular formula is C31H48N2. The van der Waals surface area contributed by atoms with E-state index in [1.54, 1.807) is 0 Å². The number of aryl methyl sites for hydroxylation is 2. The van der Waals surface area contributed by atoms with Crippen LogP contribution in [0, 0.1) is 11.8 Å². The van der Waals surface area contributed by atoms with Gasteiger partial charge in [-0.1, -0.05) is 122 Å². The van der Waals surface area contributed by atoms with E-state index in [1.165, 1.54) is 107 Å². The zero-order chi connectivity index (χ0) is 23.1. The standard InChI is InChI=1S/C31H48N2/c1-3-5-7-8-9-10-11-13-27-14-16-28(17-15-27)18-19-29-24-32-31(33-25-29)30-22-20-26(21-23-30)12-6-4-2/h20-25,27-28H,3-19H2,1-2H3/t27-,28-. The lowest BCUT2D eigenvalue weighted by atomic mass is 9.78. The van der Waals surface area contributed by atoms with Crippen LogP contribution in [0.4, 0.5) is 0 Å². The number of hydrogen-bond acceptors (Lipinski definition) is 2. The zero-order valence-electron chi connectivity index (χ0n) is 21.5. The minimum Gasteiger partial charge on any atom is -0.236 e. The molecule has 2 aromatic rings. The highest BCUT2D eigenvalue weighted by Crippen LogP contribution is 2.34. The van der Waals surface area contributed by atoms with Crippen LogP contribution in [0.25, 0.3) is 11.4 Å². The van der Waals surface area contributed by atoms with Crippen LogP contribution in [0.15, 0.2) is 36.7 Å². The number of nitrogens with zero attached hydrogens (tertiary/aromatic N) is 2. The molecule has 1 aromatic heterocycles. The van der Waals surface area contributed by atoms with Gasteiger partial charge in [-0.25, -0.2) is 9.97 Å². The highest BCUT2D eigenvalue weighted by atomic mass is 14.9. The first-order valence-electron chi connectivity index (χ1n) is 14.2. The van der Waals surface area contributed by atoms with Gasteiger partial charge in [0.1, 0.15) is 0 Å². The van der Waals surface area contributed by atoms with Crippen LogP contribution < -0.4 is 0 Å². The van der Waals surface area contributed by atoms with Crippen LogP contribution in [0.2, 0.25) is 0 Å². The maximum atomic E-state index is 4.67. The summed E-state index contributed by atoms with van der Waals surface area (Å²) >= 11 is 0. The fourth-order valence-electron chi connectivity index (χ4n) is 5.40. The first-order chi connectivity index (χ1) is 16.3. The quantitative estimate of drug-likeness (QED) is 0.254. The first kappa shape index (κ1) is 25.9. The van der Waals surface area contributed by atoms with Crippen molar-refractivity contribution < 1.29 is 0 Å². The molecule has 1 aliphatic rings. The fourth-order valence-corrected chi connectivity index (χ4v) is 5.40. The third kappa shape index (κ3) is 9.59. The lowest BCUT2D eigenvalue weighted by Crippen LogP contribution is -2.15. The maximum absolute atomic E-state index is 4.67. The molecule has 3 rings (SSSR count). The number of rotatable bonds is 15. The average Bonchev–Trinajstić information content (AvgIpc) is 2.87. The molecule has 182 valence electrons. The molecule has 0 radical (unpaired) electrons. The number of benzene rings is 1. The molecule has 0 atom stereocenters. The second kappa shape index (κ2) is 15.3. The van der Waals surface area contributed by atoms with Crippen molar-refractivity contribution in [1.82, 2.24) is 9.97 Å². The summed E-state index contributed by atoms with van der Waals surface area (Å²) in [5.74, 6) is 2.77. The minimum atomic E-state index is 0.853. The van der Waals surface area contributed by atoms with E-state index in [2.05, 4.69) is 60.5 Å². The Morgan fingerprint density at radius 2 is 1.18 bits per heavy atom. The van der Waals surface area contributed by atoms with E-state index in [9.17, 15) is 0 Å². The van der Waals surface area contributed by atoms with Gasteiger partial charge in [0.05, 0.1) is 0 Å². The van der Waals surface area contributed by atoms with Crippen LogP contribution in [0.3, 0.4) is 0 Å². The molecule has 1 aliphatic carbocycles. The lowest BCUT2D eigenvalue weighted by Gasteiger charge is -2.28. The molecule has 2 heteroatoms. The van der Waals surface area contributed by atoms with Gasteiger partial charge in [-0.2, -0.15) is 0 Å². The first-order valence-corrected chi connectivity index (χ1v) is 14.2. The van der Waals surface area contributed by atoms with Gasteiger partial charge in [-0.05, 0) is 48.6 Å². The summed E-state index contributed by atoms with van der Waals surface area (Å²) < 4.78 is 0. The predicted molar refractivity (Wildman–Crippen MR) is 142 cm³/mol. The predicted octanol–water partition coefficient (Wildman–Crippen LogP) is 9.37. The van der Waals surface area contributed by atoms with Crippen molar-refractivity contribution in [2.75, 3.05) is 0 Å². The van der Waals surface area contributed by atoms with E-state index in [-0.39, 0.29) is 0 Å². The van der Waals surface area contributed by atoms with E-state index in [0.29, 0.717) is 0 Å². The summed E-state index contributed by atoms with van der Waals surface area (Å²) in [7, 11) is 0. The molecule has 0 amide bonds. The monoisotopic (exact) mass is 448 g/mol. The molecule has 33 heavy (non-hydrogen) atoms. The van der Waals surface area contributed by atoms with Gasteiger partial charge in [0.25, 0.3) is 0 Å². The van der Waals surface area contributed by atoms with Crippen molar-refractivity contribution >= 4 is 0 Å². The Hall–Kier alpha value is -1.70. The van der Waals surface area contributed by atoms with Gasteiger partial charge < -0.3 is 0 Å². The van der Waals surface area contributed by atoms with Crippen molar-refractivity contribution in [2.24, 2.45) is 11.8 Å². The van der Waals surface area contributed by atoms with Crippen molar-refractivity contribution in [3.05, 3.63) is 47.8 Å². The van der Waals surface area contributed by atoms with Gasteiger partial charge in [0.2, 0.25) is 0 Å². The SMILES string of the molecule is CCCCCCCCC[C@H]1CC[C@H](CCc2cnc(-c3ccc(CCCC)cc3)nc2)CC1. The Bertz CT molecular complexity index is 741.